The summed E-state index contributed by atoms with van der Waals surface area (Å²) in [6.45, 7) is 0. The van der Waals surface area contributed by atoms with Gasteiger partial charge in [-0.2, -0.15) is 4.57 Å². The molecular weight excluding hydrogens is 446 g/mol. The van der Waals surface area contributed by atoms with Gasteiger partial charge in [0.1, 0.15) is 5.75 Å². The number of carbonyl (C=O) groups excluding carboxylic acids is 2. The van der Waals surface area contributed by atoms with Crippen molar-refractivity contribution < 1.29 is 33.5 Å². The molecule has 0 radical (unpaired) electrons. The molecule has 4 aromatic rings. The molecule has 0 fully saturated rings. The summed E-state index contributed by atoms with van der Waals surface area (Å²) in [5, 5.41) is 14.7. The van der Waals surface area contributed by atoms with Gasteiger partial charge < -0.3 is 19.3 Å². The predicted octanol–water partition coefficient (Wildman–Crippen LogP) is 3.34. The van der Waals surface area contributed by atoms with Crippen molar-refractivity contribution in [3.05, 3.63) is 90.8 Å². The number of hydrogen-bond acceptors (Lipinski definition) is 6. The van der Waals surface area contributed by atoms with Crippen LogP contribution in [-0.4, -0.2) is 33.3 Å². The average molecular weight is 469 g/mol. The molecule has 0 N–H and O–H groups in total. The van der Waals surface area contributed by atoms with Gasteiger partial charge in [0.25, 0.3) is 5.70 Å². The van der Waals surface area contributed by atoms with Gasteiger partial charge in [0.2, 0.25) is 5.69 Å². The number of rotatable bonds is 6. The van der Waals surface area contributed by atoms with Crippen molar-refractivity contribution in [2.24, 2.45) is 0 Å². The van der Waals surface area contributed by atoms with E-state index in [-0.39, 0.29) is 0 Å². The van der Waals surface area contributed by atoms with Crippen molar-refractivity contribution in [2.45, 2.75) is 0 Å². The maximum atomic E-state index is 13.1. The molecule has 176 valence electrons. The molecule has 0 aliphatic carbocycles. The number of esters is 2. The number of pyridine rings is 1. The third-order valence-corrected chi connectivity index (χ3v) is 5.61. The molecule has 0 aliphatic heterocycles. The zero-order valence-electron chi connectivity index (χ0n) is 19.5. The lowest BCUT2D eigenvalue weighted by Gasteiger charge is -2.17. The first-order chi connectivity index (χ1) is 17.0. The van der Waals surface area contributed by atoms with E-state index in [1.54, 1.807) is 13.3 Å². The summed E-state index contributed by atoms with van der Waals surface area (Å²) in [6.07, 6.45) is 1.65. The second kappa shape index (κ2) is 10.1. The summed E-state index contributed by atoms with van der Waals surface area (Å²) in [6, 6.07) is 24.4. The van der Waals surface area contributed by atoms with Crippen LogP contribution < -0.4 is 14.4 Å². The van der Waals surface area contributed by atoms with Crippen molar-refractivity contribution >= 4 is 28.4 Å². The minimum atomic E-state index is -1.17. The topological polar surface area (TPSA) is 88.8 Å². The van der Waals surface area contributed by atoms with E-state index in [0.717, 1.165) is 41.7 Å². The summed E-state index contributed by atoms with van der Waals surface area (Å²) in [5.74, 6) is -2.56. The molecule has 1 aromatic heterocycles. The molecule has 7 nitrogen and oxygen atoms in total. The van der Waals surface area contributed by atoms with Crippen LogP contribution in [0.15, 0.2) is 90.8 Å². The van der Waals surface area contributed by atoms with Gasteiger partial charge in [0.15, 0.2) is 6.20 Å². The Morgan fingerprint density at radius 3 is 2.00 bits per heavy atom. The molecule has 0 atom stereocenters. The molecule has 0 saturated heterocycles. The largest absolute Gasteiger partial charge is 0.863 e. The smallest absolute Gasteiger partial charge is 0.403 e. The van der Waals surface area contributed by atoms with E-state index >= 15 is 0 Å². The number of methoxy groups -OCH3 is 3. The van der Waals surface area contributed by atoms with Gasteiger partial charge in [0, 0.05) is 16.3 Å². The Morgan fingerprint density at radius 2 is 1.37 bits per heavy atom. The highest BCUT2D eigenvalue weighted by molar-refractivity contribution is 6.13. The molecule has 0 saturated carbocycles. The van der Waals surface area contributed by atoms with Crippen molar-refractivity contribution in [3.63, 3.8) is 0 Å². The van der Waals surface area contributed by atoms with Crippen LogP contribution in [0, 0.1) is 0 Å². The standard InChI is InChI=1S/C28H23NO6/c1-33-21-15-13-18(14-16-21)23-22-12-8-7-11-20(22)17-29(24(23)19-9-5-4-6-10-19)25(27(31)34-2)26(30)28(32)35-3/h4-17H,1-3H3. The molecule has 3 aromatic carbocycles. The highest BCUT2D eigenvalue weighted by atomic mass is 16.5. The van der Waals surface area contributed by atoms with Crippen LogP contribution in [0.25, 0.3) is 38.9 Å². The maximum Gasteiger partial charge on any atom is 0.403 e. The molecule has 0 spiro atoms. The van der Waals surface area contributed by atoms with Gasteiger partial charge >= 0.3 is 11.9 Å². The Kier molecular flexibility index (Phi) is 6.78. The van der Waals surface area contributed by atoms with E-state index in [1.807, 2.05) is 78.9 Å². The lowest BCUT2D eigenvalue weighted by atomic mass is 9.93. The Labute approximate surface area is 202 Å². The number of hydrogen-bond donors (Lipinski definition) is 0. The van der Waals surface area contributed by atoms with Crippen molar-refractivity contribution in [3.8, 4) is 28.1 Å². The lowest BCUT2D eigenvalue weighted by molar-refractivity contribution is -0.569. The van der Waals surface area contributed by atoms with E-state index in [1.165, 1.54) is 4.57 Å². The average Bonchev–Trinajstić information content (AvgIpc) is 2.92. The van der Waals surface area contributed by atoms with Crippen LogP contribution in [-0.2, 0) is 19.1 Å². The summed E-state index contributed by atoms with van der Waals surface area (Å²) in [5.41, 5.74) is 2.37. The van der Waals surface area contributed by atoms with Crippen LogP contribution in [0.2, 0.25) is 0 Å². The molecule has 0 amide bonds. The fourth-order valence-electron chi connectivity index (χ4n) is 3.98. The Bertz CT molecular complexity index is 1430. The molecule has 4 rings (SSSR count). The van der Waals surface area contributed by atoms with Crippen LogP contribution >= 0.6 is 0 Å². The van der Waals surface area contributed by atoms with Gasteiger partial charge in [-0.05, 0) is 35.9 Å². The Morgan fingerprint density at radius 1 is 0.743 bits per heavy atom. The number of aromatic nitrogens is 1. The van der Waals surface area contributed by atoms with Crippen LogP contribution in [0.5, 0.6) is 5.75 Å². The predicted molar refractivity (Wildman–Crippen MR) is 129 cm³/mol. The van der Waals surface area contributed by atoms with E-state index in [4.69, 9.17) is 9.47 Å². The van der Waals surface area contributed by atoms with E-state index in [2.05, 4.69) is 4.74 Å². The minimum absolute atomic E-state index is 0.473. The normalized spacial score (nSPS) is 11.5. The van der Waals surface area contributed by atoms with Gasteiger partial charge in [-0.25, -0.2) is 9.59 Å². The molecule has 0 unspecified atom stereocenters. The first kappa shape index (κ1) is 23.5. The number of ether oxygens (including phenoxy) is 3. The van der Waals surface area contributed by atoms with Gasteiger partial charge in [-0.3, -0.25) is 0 Å². The first-order valence-electron chi connectivity index (χ1n) is 10.8. The number of nitrogens with zero attached hydrogens (tertiary/aromatic N) is 1. The third kappa shape index (κ3) is 4.44. The molecule has 1 heterocycles. The van der Waals surface area contributed by atoms with Gasteiger partial charge in [-0.1, -0.05) is 48.5 Å². The maximum absolute atomic E-state index is 13.1. The van der Waals surface area contributed by atoms with Crippen molar-refractivity contribution in [2.75, 3.05) is 21.3 Å². The minimum Gasteiger partial charge on any atom is -0.863 e. The molecule has 7 heteroatoms. The van der Waals surface area contributed by atoms with Crippen molar-refractivity contribution in [1.29, 1.82) is 0 Å². The molecule has 0 bridgehead atoms. The first-order valence-corrected chi connectivity index (χ1v) is 10.8. The molecule has 0 aliphatic rings. The van der Waals surface area contributed by atoms with Crippen LogP contribution in [0.1, 0.15) is 0 Å². The summed E-state index contributed by atoms with van der Waals surface area (Å²) >= 11 is 0. The van der Waals surface area contributed by atoms with Crippen LogP contribution in [0.3, 0.4) is 0 Å². The second-order valence-corrected chi connectivity index (χ2v) is 7.57. The molecular formula is C28H23NO6. The highest BCUT2D eigenvalue weighted by Crippen LogP contribution is 2.37. The fourth-order valence-corrected chi connectivity index (χ4v) is 3.98. The Hall–Kier alpha value is -4.65. The number of benzene rings is 3. The number of fused-ring (bicyclic) bond motifs is 1. The monoisotopic (exact) mass is 469 g/mol. The molecule has 35 heavy (non-hydrogen) atoms. The summed E-state index contributed by atoms with van der Waals surface area (Å²) in [7, 11) is 3.83. The third-order valence-electron chi connectivity index (χ3n) is 5.61. The van der Waals surface area contributed by atoms with Crippen LogP contribution in [0.4, 0.5) is 0 Å². The van der Waals surface area contributed by atoms with Gasteiger partial charge in [0.05, 0.1) is 32.7 Å². The lowest BCUT2D eigenvalue weighted by Crippen LogP contribution is -2.43. The van der Waals surface area contributed by atoms with Gasteiger partial charge in [-0.15, -0.1) is 0 Å². The van der Waals surface area contributed by atoms with E-state index < -0.39 is 23.4 Å². The quantitative estimate of drug-likeness (QED) is 0.186. The second-order valence-electron chi connectivity index (χ2n) is 7.57. The fraction of sp³-hybridized carbons (Fsp3) is 0.107. The zero-order chi connectivity index (χ0) is 24.9. The zero-order valence-corrected chi connectivity index (χ0v) is 19.5. The van der Waals surface area contributed by atoms with E-state index in [0.29, 0.717) is 11.4 Å². The Balaban J connectivity index is 2.21. The van der Waals surface area contributed by atoms with Crippen molar-refractivity contribution in [1.82, 2.24) is 0 Å². The summed E-state index contributed by atoms with van der Waals surface area (Å²) < 4.78 is 16.3. The summed E-state index contributed by atoms with van der Waals surface area (Å²) in [4.78, 5) is 25.2. The highest BCUT2D eigenvalue weighted by Gasteiger charge is 2.33. The number of carbonyl (C=O) groups is 2. The SMILES string of the molecule is COC(=O)/C([O-])=C(\C(=O)OC)[n+]1cc2ccccc2c(-c2ccc(OC)cc2)c1-c1ccccc1. The van der Waals surface area contributed by atoms with E-state index in [9.17, 15) is 14.7 Å².